The van der Waals surface area contributed by atoms with Gasteiger partial charge in [0.05, 0.1) is 5.69 Å². The summed E-state index contributed by atoms with van der Waals surface area (Å²) in [6.45, 7) is 2.06. The maximum atomic E-state index is 11.9. The van der Waals surface area contributed by atoms with Crippen molar-refractivity contribution >= 4 is 0 Å². The van der Waals surface area contributed by atoms with E-state index in [9.17, 15) is 9.59 Å². The molecule has 1 unspecified atom stereocenters. The molecule has 2 aromatic rings. The van der Waals surface area contributed by atoms with Crippen LogP contribution in [0.25, 0.3) is 0 Å². The lowest BCUT2D eigenvalue weighted by Crippen LogP contribution is -2.41. The highest BCUT2D eigenvalue weighted by Gasteiger charge is 2.28. The molecule has 3 rings (SSSR count). The zero-order valence-electron chi connectivity index (χ0n) is 15.0. The van der Waals surface area contributed by atoms with Crippen LogP contribution in [0.1, 0.15) is 50.2 Å². The van der Waals surface area contributed by atoms with Gasteiger partial charge in [-0.2, -0.15) is 10.2 Å². The zero-order valence-corrected chi connectivity index (χ0v) is 15.0. The van der Waals surface area contributed by atoms with Crippen LogP contribution in [0.2, 0.25) is 0 Å². The van der Waals surface area contributed by atoms with Gasteiger partial charge in [0.2, 0.25) is 0 Å². The predicted molar refractivity (Wildman–Crippen MR) is 94.3 cm³/mol. The Morgan fingerprint density at radius 3 is 2.68 bits per heavy atom. The molecule has 2 heterocycles. The van der Waals surface area contributed by atoms with Gasteiger partial charge in [0.1, 0.15) is 5.82 Å². The smallest absolute Gasteiger partial charge is 0.306 e. The van der Waals surface area contributed by atoms with Gasteiger partial charge in [0.15, 0.2) is 0 Å². The highest BCUT2D eigenvalue weighted by Crippen LogP contribution is 2.28. The van der Waals surface area contributed by atoms with E-state index in [1.165, 1.54) is 23.6 Å². The fraction of sp³-hybridized carbons (Fsp3) is 0.647. The molecule has 1 aliphatic carbocycles. The first-order valence-corrected chi connectivity index (χ1v) is 8.86. The van der Waals surface area contributed by atoms with Crippen LogP contribution in [-0.2, 0) is 20.5 Å². The molecule has 136 valence electrons. The van der Waals surface area contributed by atoms with Crippen molar-refractivity contribution in [3.8, 4) is 0 Å². The second-order valence-electron chi connectivity index (χ2n) is 6.97. The number of nitrogens with one attached hydrogen (secondary N) is 2. The molecule has 25 heavy (non-hydrogen) atoms. The summed E-state index contributed by atoms with van der Waals surface area (Å²) < 4.78 is 3.03. The van der Waals surface area contributed by atoms with Gasteiger partial charge in [-0.15, -0.1) is 0 Å². The maximum absolute atomic E-state index is 11.9. The van der Waals surface area contributed by atoms with Gasteiger partial charge in [-0.1, -0.05) is 12.8 Å². The number of hydrogen-bond acceptors (Lipinski definition) is 5. The number of aryl methyl sites for hydroxylation is 1. The second-order valence-corrected chi connectivity index (χ2v) is 6.97. The van der Waals surface area contributed by atoms with E-state index < -0.39 is 0 Å². The second kappa shape index (κ2) is 7.35. The molecule has 8 nitrogen and oxygen atoms in total. The molecule has 0 aromatic carbocycles. The van der Waals surface area contributed by atoms with Crippen molar-refractivity contribution in [3.05, 3.63) is 44.5 Å². The molecule has 2 N–H and O–H groups in total. The lowest BCUT2D eigenvalue weighted by molar-refractivity contribution is 0.239. The first-order valence-electron chi connectivity index (χ1n) is 8.86. The molecule has 0 amide bonds. The number of aromatic amines is 1. The van der Waals surface area contributed by atoms with Crippen LogP contribution in [0.4, 0.5) is 0 Å². The SMILES string of the molecule is CC(N[C@@H]1CCCC[C@@H]1Cc1nn(C)c(=O)n1C)c1ccc(=O)[nH]n1. The number of rotatable bonds is 5. The van der Waals surface area contributed by atoms with E-state index in [1.807, 2.05) is 0 Å². The van der Waals surface area contributed by atoms with E-state index in [0.717, 1.165) is 30.8 Å². The molecule has 0 aliphatic heterocycles. The van der Waals surface area contributed by atoms with Crippen molar-refractivity contribution in [2.75, 3.05) is 0 Å². The Hall–Kier alpha value is -2.22. The summed E-state index contributed by atoms with van der Waals surface area (Å²) in [5, 5.41) is 14.6. The molecule has 0 bridgehead atoms. The van der Waals surface area contributed by atoms with E-state index in [-0.39, 0.29) is 17.3 Å². The molecule has 1 aliphatic rings. The van der Waals surface area contributed by atoms with Gasteiger partial charge < -0.3 is 5.32 Å². The van der Waals surface area contributed by atoms with Crippen LogP contribution < -0.4 is 16.6 Å². The standard InChI is InChI=1S/C17H26N6O2/c1-11(13-8-9-16(24)20-19-13)18-14-7-5-4-6-12(14)10-15-21-23(3)17(25)22(15)2/h8-9,11-12,14,18H,4-7,10H2,1-3H3,(H,20,24)/t11?,12-,14-/m1/s1. The van der Waals surface area contributed by atoms with Gasteiger partial charge in [0.25, 0.3) is 5.56 Å². The third-order valence-corrected chi connectivity index (χ3v) is 5.18. The van der Waals surface area contributed by atoms with Crippen molar-refractivity contribution in [3.63, 3.8) is 0 Å². The largest absolute Gasteiger partial charge is 0.345 e. The van der Waals surface area contributed by atoms with Crippen molar-refractivity contribution in [1.82, 2.24) is 29.9 Å². The monoisotopic (exact) mass is 346 g/mol. The normalized spacial score (nSPS) is 22.0. The topological polar surface area (TPSA) is 97.6 Å². The Bertz CT molecular complexity index is 816. The lowest BCUT2D eigenvalue weighted by atomic mass is 9.81. The van der Waals surface area contributed by atoms with Gasteiger partial charge >= 0.3 is 5.69 Å². The van der Waals surface area contributed by atoms with E-state index >= 15 is 0 Å². The van der Waals surface area contributed by atoms with Crippen molar-refractivity contribution in [2.24, 2.45) is 20.0 Å². The third-order valence-electron chi connectivity index (χ3n) is 5.18. The molecule has 8 heteroatoms. The first kappa shape index (κ1) is 17.6. The number of H-pyrrole nitrogens is 1. The average molecular weight is 346 g/mol. The summed E-state index contributed by atoms with van der Waals surface area (Å²) in [6.07, 6.45) is 5.40. The van der Waals surface area contributed by atoms with Crippen LogP contribution in [0.5, 0.6) is 0 Å². The highest BCUT2D eigenvalue weighted by molar-refractivity contribution is 5.05. The fourth-order valence-corrected chi connectivity index (χ4v) is 3.70. The summed E-state index contributed by atoms with van der Waals surface area (Å²) in [5.74, 6) is 1.26. The van der Waals surface area contributed by atoms with Gasteiger partial charge in [0, 0.05) is 38.7 Å². The Kier molecular flexibility index (Phi) is 5.17. The molecular formula is C17H26N6O2. The molecule has 0 saturated heterocycles. The third kappa shape index (κ3) is 3.89. The van der Waals surface area contributed by atoms with Crippen molar-refractivity contribution in [2.45, 2.75) is 51.1 Å². The maximum Gasteiger partial charge on any atom is 0.345 e. The van der Waals surface area contributed by atoms with E-state index in [2.05, 4.69) is 27.5 Å². The van der Waals surface area contributed by atoms with Gasteiger partial charge in [-0.3, -0.25) is 9.36 Å². The van der Waals surface area contributed by atoms with Crippen LogP contribution in [-0.4, -0.2) is 30.6 Å². The Morgan fingerprint density at radius 1 is 1.28 bits per heavy atom. The fourth-order valence-electron chi connectivity index (χ4n) is 3.70. The quantitative estimate of drug-likeness (QED) is 0.829. The van der Waals surface area contributed by atoms with E-state index in [4.69, 9.17) is 0 Å². The molecule has 3 atom stereocenters. The van der Waals surface area contributed by atoms with Crippen LogP contribution in [0, 0.1) is 5.92 Å². The summed E-state index contributed by atoms with van der Waals surface area (Å²) >= 11 is 0. The Morgan fingerprint density at radius 2 is 2.04 bits per heavy atom. The average Bonchev–Trinajstić information content (AvgIpc) is 2.84. The van der Waals surface area contributed by atoms with Crippen molar-refractivity contribution in [1.29, 1.82) is 0 Å². The Labute approximate surface area is 146 Å². The Balaban J connectivity index is 1.72. The lowest BCUT2D eigenvalue weighted by Gasteiger charge is -2.34. The number of hydrogen-bond donors (Lipinski definition) is 2. The van der Waals surface area contributed by atoms with Crippen LogP contribution >= 0.6 is 0 Å². The number of nitrogens with zero attached hydrogens (tertiary/aromatic N) is 4. The molecule has 0 radical (unpaired) electrons. The van der Waals surface area contributed by atoms with Gasteiger partial charge in [-0.25, -0.2) is 14.6 Å². The summed E-state index contributed by atoms with van der Waals surface area (Å²) in [7, 11) is 3.47. The van der Waals surface area contributed by atoms with Crippen LogP contribution in [0.15, 0.2) is 21.7 Å². The zero-order chi connectivity index (χ0) is 18.0. The molecule has 1 fully saturated rings. The minimum atomic E-state index is -0.192. The number of aromatic nitrogens is 5. The predicted octanol–water partition coefficient (Wildman–Crippen LogP) is 0.654. The van der Waals surface area contributed by atoms with Gasteiger partial charge in [-0.05, 0) is 31.7 Å². The first-order chi connectivity index (χ1) is 12.0. The molecule has 2 aromatic heterocycles. The summed E-state index contributed by atoms with van der Waals surface area (Å²) in [6, 6.07) is 3.66. The van der Waals surface area contributed by atoms with E-state index in [1.54, 1.807) is 24.7 Å². The molecule has 1 saturated carbocycles. The summed E-state index contributed by atoms with van der Waals surface area (Å²) in [4.78, 5) is 23.1. The minimum absolute atomic E-state index is 0.0509. The van der Waals surface area contributed by atoms with Crippen LogP contribution in [0.3, 0.4) is 0 Å². The molecular weight excluding hydrogens is 320 g/mol. The van der Waals surface area contributed by atoms with Crippen molar-refractivity contribution < 1.29 is 0 Å². The summed E-state index contributed by atoms with van der Waals surface area (Å²) in [5.41, 5.74) is 0.554. The highest BCUT2D eigenvalue weighted by atomic mass is 16.2. The molecule has 0 spiro atoms. The van der Waals surface area contributed by atoms with E-state index in [0.29, 0.717) is 12.0 Å². The minimum Gasteiger partial charge on any atom is -0.306 e.